The van der Waals surface area contributed by atoms with Crippen LogP contribution in [0.2, 0.25) is 0 Å². The Morgan fingerprint density at radius 1 is 1.15 bits per heavy atom. The molecule has 0 atom stereocenters. The Balaban J connectivity index is 1.86. The number of ether oxygens (including phenoxy) is 1. The number of thiophene rings is 1. The molecule has 2 aromatic carbocycles. The van der Waals surface area contributed by atoms with Crippen LogP contribution in [0.3, 0.4) is 0 Å². The van der Waals surface area contributed by atoms with Crippen molar-refractivity contribution in [1.29, 1.82) is 0 Å². The van der Waals surface area contributed by atoms with Gasteiger partial charge in [-0.1, -0.05) is 24.3 Å². The lowest BCUT2D eigenvalue weighted by molar-refractivity contribution is -0.111. The van der Waals surface area contributed by atoms with Crippen LogP contribution in [0, 0.1) is 6.92 Å². The van der Waals surface area contributed by atoms with Gasteiger partial charge < -0.3 is 10.1 Å². The number of nitrogens with one attached hydrogen (secondary N) is 1. The third kappa shape index (κ3) is 3.68. The van der Waals surface area contributed by atoms with Crippen LogP contribution in [0.1, 0.15) is 28.4 Å². The van der Waals surface area contributed by atoms with E-state index in [2.05, 4.69) is 17.4 Å². The maximum absolute atomic E-state index is 12.5. The highest BCUT2D eigenvalue weighted by molar-refractivity contribution is 7.17. The highest BCUT2D eigenvalue weighted by atomic mass is 32.1. The molecule has 4 nitrogen and oxygen atoms in total. The van der Waals surface area contributed by atoms with Crippen molar-refractivity contribution in [2.75, 3.05) is 12.4 Å². The molecule has 0 unspecified atom stereocenters. The third-order valence-corrected chi connectivity index (χ3v) is 5.07. The number of amides is 1. The lowest BCUT2D eigenvalue weighted by Gasteiger charge is -2.12. The number of fused-ring (bicyclic) bond motifs is 1. The molecule has 1 N–H and O–H groups in total. The minimum Gasteiger partial charge on any atom is -0.465 e. The minimum atomic E-state index is -0.479. The molecule has 5 heteroatoms. The Bertz CT molecular complexity index is 1020. The van der Waals surface area contributed by atoms with Crippen molar-refractivity contribution in [1.82, 2.24) is 0 Å². The quantitative estimate of drug-likeness (QED) is 0.521. The van der Waals surface area contributed by atoms with Crippen molar-refractivity contribution < 1.29 is 14.3 Å². The van der Waals surface area contributed by atoms with E-state index in [1.807, 2.05) is 37.4 Å². The molecule has 0 fully saturated rings. The molecule has 3 aromatic rings. The van der Waals surface area contributed by atoms with Crippen molar-refractivity contribution in [3.63, 3.8) is 0 Å². The average molecular weight is 365 g/mol. The van der Waals surface area contributed by atoms with E-state index in [0.29, 0.717) is 11.3 Å². The molecule has 0 aliphatic rings. The normalized spacial score (nSPS) is 11.4. The van der Waals surface area contributed by atoms with Gasteiger partial charge >= 0.3 is 5.97 Å². The maximum atomic E-state index is 12.5. The van der Waals surface area contributed by atoms with Crippen LogP contribution in [-0.4, -0.2) is 19.0 Å². The van der Waals surface area contributed by atoms with Crippen LogP contribution in [-0.2, 0) is 9.53 Å². The molecule has 3 rings (SSSR count). The predicted octanol–water partition coefficient (Wildman–Crippen LogP) is 5.04. The molecular weight excluding hydrogens is 346 g/mol. The van der Waals surface area contributed by atoms with Crippen molar-refractivity contribution in [2.24, 2.45) is 0 Å². The Labute approximate surface area is 156 Å². The molecule has 132 valence electrons. The number of hydrogen-bond acceptors (Lipinski definition) is 4. The summed E-state index contributed by atoms with van der Waals surface area (Å²) < 4.78 is 5.98. The molecular formula is C21H19NO3S. The van der Waals surface area contributed by atoms with Gasteiger partial charge in [-0.3, -0.25) is 4.79 Å². The topological polar surface area (TPSA) is 55.4 Å². The van der Waals surface area contributed by atoms with E-state index in [4.69, 9.17) is 4.74 Å². The summed E-state index contributed by atoms with van der Waals surface area (Å²) in [6, 6.07) is 13.4. The van der Waals surface area contributed by atoms with Crippen molar-refractivity contribution >= 4 is 44.6 Å². The van der Waals surface area contributed by atoms with Crippen LogP contribution >= 0.6 is 11.3 Å². The van der Waals surface area contributed by atoms with Gasteiger partial charge in [0, 0.05) is 10.8 Å². The summed E-state index contributed by atoms with van der Waals surface area (Å²) in [5, 5.41) is 6.05. The molecule has 0 saturated heterocycles. The largest absolute Gasteiger partial charge is 0.465 e. The van der Waals surface area contributed by atoms with Gasteiger partial charge in [0.2, 0.25) is 5.91 Å². The summed E-state index contributed by atoms with van der Waals surface area (Å²) in [5.74, 6) is -0.763. The van der Waals surface area contributed by atoms with Gasteiger partial charge in [-0.2, -0.15) is 0 Å². The summed E-state index contributed by atoms with van der Waals surface area (Å²) in [6.07, 6.45) is 1.54. The van der Waals surface area contributed by atoms with Crippen molar-refractivity contribution in [3.8, 4) is 0 Å². The fraction of sp³-hybridized carbons (Fsp3) is 0.143. The second-order valence-corrected chi connectivity index (χ2v) is 6.93. The predicted molar refractivity (Wildman–Crippen MR) is 107 cm³/mol. The maximum Gasteiger partial charge on any atom is 0.339 e. The Hall–Kier alpha value is -2.92. The first-order chi connectivity index (χ1) is 12.5. The molecule has 1 amide bonds. The number of para-hydroxylation sites is 1. The van der Waals surface area contributed by atoms with Crippen molar-refractivity contribution in [3.05, 3.63) is 70.6 Å². The standard InChI is InChI=1S/C21H19NO3S/c1-13-5-4-6-17(21(24)25-3)20(13)22-19(23)11-14(2)16-8-7-15-9-10-26-18(15)12-16/h4-12H,1-3H3,(H,22,23)/b14-11-. The first kappa shape index (κ1) is 17.9. The van der Waals surface area contributed by atoms with E-state index in [1.54, 1.807) is 29.5 Å². The van der Waals surface area contributed by atoms with Gasteiger partial charge in [-0.05, 0) is 59.5 Å². The molecule has 0 saturated carbocycles. The molecule has 0 bridgehead atoms. The number of carbonyl (C=O) groups is 2. The van der Waals surface area contributed by atoms with E-state index >= 15 is 0 Å². The van der Waals surface area contributed by atoms with Crippen LogP contribution in [0.15, 0.2) is 53.9 Å². The Morgan fingerprint density at radius 3 is 2.73 bits per heavy atom. The van der Waals surface area contributed by atoms with E-state index in [9.17, 15) is 9.59 Å². The summed E-state index contributed by atoms with van der Waals surface area (Å²) in [4.78, 5) is 24.4. The highest BCUT2D eigenvalue weighted by Crippen LogP contribution is 2.26. The molecule has 26 heavy (non-hydrogen) atoms. The van der Waals surface area contributed by atoms with E-state index in [0.717, 1.165) is 16.7 Å². The number of benzene rings is 2. The summed E-state index contributed by atoms with van der Waals surface area (Å²) in [5.41, 5.74) is 3.46. The van der Waals surface area contributed by atoms with E-state index in [1.165, 1.54) is 17.2 Å². The monoisotopic (exact) mass is 365 g/mol. The average Bonchev–Trinajstić information content (AvgIpc) is 3.10. The lowest BCUT2D eigenvalue weighted by atomic mass is 10.1. The molecule has 0 spiro atoms. The molecule has 0 radical (unpaired) electrons. The van der Waals surface area contributed by atoms with E-state index in [-0.39, 0.29) is 5.91 Å². The number of aryl methyl sites for hydroxylation is 1. The minimum absolute atomic E-state index is 0.284. The van der Waals surface area contributed by atoms with Crippen LogP contribution in [0.4, 0.5) is 5.69 Å². The number of carbonyl (C=O) groups excluding carboxylic acids is 2. The fourth-order valence-electron chi connectivity index (χ4n) is 2.75. The zero-order valence-corrected chi connectivity index (χ0v) is 15.6. The Morgan fingerprint density at radius 2 is 1.96 bits per heavy atom. The SMILES string of the molecule is COC(=O)c1cccc(C)c1NC(=O)/C=C(/C)c1ccc2ccsc2c1. The summed E-state index contributed by atoms with van der Waals surface area (Å²) >= 11 is 1.67. The van der Waals surface area contributed by atoms with Gasteiger partial charge in [-0.25, -0.2) is 4.79 Å². The molecule has 0 aliphatic carbocycles. The van der Waals surface area contributed by atoms with Crippen LogP contribution in [0.25, 0.3) is 15.7 Å². The van der Waals surface area contributed by atoms with Crippen molar-refractivity contribution in [2.45, 2.75) is 13.8 Å². The lowest BCUT2D eigenvalue weighted by Crippen LogP contribution is -2.14. The van der Waals surface area contributed by atoms with Gasteiger partial charge in [0.25, 0.3) is 0 Å². The second kappa shape index (κ2) is 7.54. The number of anilines is 1. The van der Waals surface area contributed by atoms with Crippen LogP contribution in [0.5, 0.6) is 0 Å². The summed E-state index contributed by atoms with van der Waals surface area (Å²) in [6.45, 7) is 3.73. The number of rotatable bonds is 4. The number of esters is 1. The van der Waals surface area contributed by atoms with Gasteiger partial charge in [0.15, 0.2) is 0 Å². The molecule has 1 heterocycles. The summed E-state index contributed by atoms with van der Waals surface area (Å²) in [7, 11) is 1.32. The van der Waals surface area contributed by atoms with Crippen LogP contribution < -0.4 is 5.32 Å². The highest BCUT2D eigenvalue weighted by Gasteiger charge is 2.15. The second-order valence-electron chi connectivity index (χ2n) is 5.98. The third-order valence-electron chi connectivity index (χ3n) is 4.19. The molecule has 0 aliphatic heterocycles. The van der Waals surface area contributed by atoms with Gasteiger partial charge in [0.1, 0.15) is 0 Å². The number of allylic oxidation sites excluding steroid dienone is 1. The zero-order valence-electron chi connectivity index (χ0n) is 14.8. The fourth-order valence-corrected chi connectivity index (χ4v) is 3.58. The number of methoxy groups -OCH3 is 1. The van der Waals surface area contributed by atoms with Gasteiger partial charge in [-0.15, -0.1) is 11.3 Å². The smallest absolute Gasteiger partial charge is 0.339 e. The first-order valence-corrected chi connectivity index (χ1v) is 9.02. The zero-order chi connectivity index (χ0) is 18.7. The first-order valence-electron chi connectivity index (χ1n) is 8.14. The number of hydrogen-bond donors (Lipinski definition) is 1. The molecule has 1 aromatic heterocycles. The van der Waals surface area contributed by atoms with Gasteiger partial charge in [0.05, 0.1) is 18.4 Å². The van der Waals surface area contributed by atoms with E-state index < -0.39 is 5.97 Å². The Kier molecular flexibility index (Phi) is 5.19.